The summed E-state index contributed by atoms with van der Waals surface area (Å²) in [5, 5.41) is 2.20. The number of hydrogen-bond donors (Lipinski definition) is 0. The van der Waals surface area contributed by atoms with Crippen LogP contribution in [0.5, 0.6) is 0 Å². The Hall–Kier alpha value is -2.12. The molecule has 0 radical (unpaired) electrons. The molecule has 0 amide bonds. The van der Waals surface area contributed by atoms with Gasteiger partial charge in [0, 0.05) is 20.2 Å². The van der Waals surface area contributed by atoms with E-state index in [2.05, 4.69) is 25.1 Å². The first-order valence-corrected chi connectivity index (χ1v) is 7.46. The molecule has 0 saturated heterocycles. The molecular formula is C19H14S. The molecule has 0 N–H and O–H groups in total. The lowest BCUT2D eigenvalue weighted by Gasteiger charge is -2.08. The molecule has 4 rings (SSSR count). The topological polar surface area (TPSA) is 0 Å². The van der Waals surface area contributed by atoms with Crippen LogP contribution in [0.1, 0.15) is 8.30 Å². The van der Waals surface area contributed by atoms with Gasteiger partial charge in [0.1, 0.15) is 0 Å². The van der Waals surface area contributed by atoms with Crippen LogP contribution in [0.25, 0.3) is 31.3 Å². The summed E-state index contributed by atoms with van der Waals surface area (Å²) in [5.41, 5.74) is 3.46. The molecule has 1 heteroatoms. The van der Waals surface area contributed by atoms with Gasteiger partial charge in [0.05, 0.1) is 2.74 Å². The quantitative estimate of drug-likeness (QED) is 0.398. The van der Waals surface area contributed by atoms with E-state index in [1.54, 1.807) is 11.3 Å². The predicted octanol–water partition coefficient (Wildman–Crippen LogP) is 6.03. The van der Waals surface area contributed by atoms with Crippen molar-refractivity contribution in [3.63, 3.8) is 0 Å². The Morgan fingerprint density at radius 3 is 2.50 bits per heavy atom. The molecule has 1 aromatic heterocycles. The van der Waals surface area contributed by atoms with Gasteiger partial charge in [-0.15, -0.1) is 11.3 Å². The third-order valence-corrected chi connectivity index (χ3v) is 4.71. The maximum atomic E-state index is 8.32. The van der Waals surface area contributed by atoms with E-state index in [0.717, 1.165) is 25.7 Å². The lowest BCUT2D eigenvalue weighted by Crippen LogP contribution is -1.84. The highest BCUT2D eigenvalue weighted by Gasteiger charge is 2.12. The molecule has 0 aliphatic heterocycles. The molecule has 0 aliphatic carbocycles. The Balaban J connectivity index is 2.25. The summed E-state index contributed by atoms with van der Waals surface area (Å²) in [5.74, 6) is 0. The third-order valence-electron chi connectivity index (χ3n) is 3.65. The van der Waals surface area contributed by atoms with Crippen molar-refractivity contribution >= 4 is 31.5 Å². The molecule has 0 bridgehead atoms. The van der Waals surface area contributed by atoms with Crippen LogP contribution in [0.3, 0.4) is 0 Å². The molecule has 0 fully saturated rings. The van der Waals surface area contributed by atoms with Gasteiger partial charge in [0.2, 0.25) is 0 Å². The zero-order chi connectivity index (χ0) is 15.3. The summed E-state index contributed by atoms with van der Waals surface area (Å²) in [6.45, 7) is 2.06. The number of hydrogen-bond acceptors (Lipinski definition) is 1. The van der Waals surface area contributed by atoms with Gasteiger partial charge in [-0.3, -0.25) is 0 Å². The molecule has 3 aromatic carbocycles. The van der Waals surface area contributed by atoms with E-state index < -0.39 is 0 Å². The minimum absolute atomic E-state index is 0.537. The van der Waals surface area contributed by atoms with Gasteiger partial charge in [-0.2, -0.15) is 0 Å². The second kappa shape index (κ2) is 4.46. The lowest BCUT2D eigenvalue weighted by molar-refractivity contribution is 1.50. The summed E-state index contributed by atoms with van der Waals surface area (Å²) in [6.07, 6.45) is 0. The fourth-order valence-electron chi connectivity index (χ4n) is 2.75. The van der Waals surface area contributed by atoms with Gasteiger partial charge in [0.25, 0.3) is 0 Å². The summed E-state index contributed by atoms with van der Waals surface area (Å²) < 4.78 is 18.4. The molecule has 0 saturated carbocycles. The van der Waals surface area contributed by atoms with Crippen LogP contribution in [0, 0.1) is 6.92 Å². The summed E-state index contributed by atoms with van der Waals surface area (Å²) in [6, 6.07) is 19.2. The largest absolute Gasteiger partial charge is 0.135 e. The minimum atomic E-state index is 0.537. The average molecular weight is 276 g/mol. The summed E-state index contributed by atoms with van der Waals surface area (Å²) >= 11 is 1.56. The van der Waals surface area contributed by atoms with Crippen molar-refractivity contribution < 1.29 is 2.74 Å². The first-order chi connectivity index (χ1) is 10.7. The van der Waals surface area contributed by atoms with E-state index in [9.17, 15) is 0 Å². The van der Waals surface area contributed by atoms with Crippen LogP contribution in [-0.2, 0) is 0 Å². The normalized spacial score (nSPS) is 12.7. The highest BCUT2D eigenvalue weighted by molar-refractivity contribution is 7.25. The molecule has 0 unspecified atom stereocenters. The van der Waals surface area contributed by atoms with Crippen LogP contribution in [0.4, 0.5) is 0 Å². The molecule has 1 heterocycles. The molecule has 0 nitrogen and oxygen atoms in total. The Morgan fingerprint density at radius 2 is 1.65 bits per heavy atom. The highest BCUT2D eigenvalue weighted by Crippen LogP contribution is 2.41. The van der Waals surface area contributed by atoms with E-state index in [-0.39, 0.29) is 0 Å². The van der Waals surface area contributed by atoms with E-state index >= 15 is 0 Å². The monoisotopic (exact) mass is 276 g/mol. The average Bonchev–Trinajstić information content (AvgIpc) is 2.90. The zero-order valence-corrected chi connectivity index (χ0v) is 11.9. The van der Waals surface area contributed by atoms with Crippen molar-refractivity contribution in [2.45, 2.75) is 6.92 Å². The number of aryl methyl sites for hydroxylation is 1. The van der Waals surface area contributed by atoms with Gasteiger partial charge in [-0.1, -0.05) is 54.6 Å². The van der Waals surface area contributed by atoms with E-state index in [1.807, 2.05) is 36.4 Å². The Bertz CT molecular complexity index is 1000. The van der Waals surface area contributed by atoms with E-state index in [4.69, 9.17) is 2.74 Å². The van der Waals surface area contributed by atoms with Crippen molar-refractivity contribution in [1.29, 1.82) is 0 Å². The SMILES string of the molecule is [2H]c1cccc2c1sc1c([2H])cc(C)c(-c3ccccc3)c12. The number of thiophene rings is 1. The van der Waals surface area contributed by atoms with E-state index in [1.165, 1.54) is 11.1 Å². The second-order valence-electron chi connectivity index (χ2n) is 4.93. The molecular weight excluding hydrogens is 260 g/mol. The number of benzene rings is 3. The van der Waals surface area contributed by atoms with Gasteiger partial charge in [-0.05, 0) is 35.7 Å². The van der Waals surface area contributed by atoms with Crippen LogP contribution >= 0.6 is 11.3 Å². The lowest BCUT2D eigenvalue weighted by atomic mass is 9.95. The number of fused-ring (bicyclic) bond motifs is 3. The maximum Gasteiger partial charge on any atom is 0.0638 e. The third kappa shape index (κ3) is 1.67. The predicted molar refractivity (Wildman–Crippen MR) is 89.5 cm³/mol. The van der Waals surface area contributed by atoms with Crippen molar-refractivity contribution in [2.24, 2.45) is 0 Å². The highest BCUT2D eigenvalue weighted by atomic mass is 32.1. The summed E-state index contributed by atoms with van der Waals surface area (Å²) in [7, 11) is 0. The minimum Gasteiger partial charge on any atom is -0.135 e. The second-order valence-corrected chi connectivity index (χ2v) is 5.95. The van der Waals surface area contributed by atoms with Crippen molar-refractivity contribution in [3.05, 3.63) is 72.2 Å². The van der Waals surface area contributed by atoms with Gasteiger partial charge >= 0.3 is 0 Å². The van der Waals surface area contributed by atoms with Crippen LogP contribution in [0.2, 0.25) is 0 Å². The molecule has 4 aromatic rings. The zero-order valence-electron chi connectivity index (χ0n) is 13.1. The fraction of sp³-hybridized carbons (Fsp3) is 0.0526. The van der Waals surface area contributed by atoms with Crippen LogP contribution in [0.15, 0.2) is 66.7 Å². The van der Waals surface area contributed by atoms with Crippen molar-refractivity contribution in [1.82, 2.24) is 0 Å². The molecule has 0 atom stereocenters. The smallest absolute Gasteiger partial charge is 0.0638 e. The number of rotatable bonds is 1. The Labute approximate surface area is 125 Å². The van der Waals surface area contributed by atoms with Gasteiger partial charge in [-0.25, -0.2) is 0 Å². The van der Waals surface area contributed by atoms with Crippen molar-refractivity contribution in [2.75, 3.05) is 0 Å². The van der Waals surface area contributed by atoms with E-state index in [0.29, 0.717) is 12.1 Å². The molecule has 20 heavy (non-hydrogen) atoms. The Morgan fingerprint density at radius 1 is 0.850 bits per heavy atom. The van der Waals surface area contributed by atoms with Gasteiger partial charge in [0.15, 0.2) is 0 Å². The first-order valence-electron chi connectivity index (χ1n) is 7.64. The molecule has 0 spiro atoms. The maximum absolute atomic E-state index is 8.32. The summed E-state index contributed by atoms with van der Waals surface area (Å²) in [4.78, 5) is 0. The van der Waals surface area contributed by atoms with Crippen LogP contribution < -0.4 is 0 Å². The van der Waals surface area contributed by atoms with Crippen LogP contribution in [-0.4, -0.2) is 0 Å². The molecule has 96 valence electrons. The van der Waals surface area contributed by atoms with Gasteiger partial charge < -0.3 is 0 Å². The Kier molecular flexibility index (Phi) is 2.17. The fourth-order valence-corrected chi connectivity index (χ4v) is 3.79. The molecule has 0 aliphatic rings. The standard InChI is InChI=1S/C19H14S/c1-13-11-12-17-19(15-9-5-6-10-16(15)20-17)18(13)14-7-3-2-4-8-14/h2-12H,1H3/i10D,12D. The van der Waals surface area contributed by atoms with Crippen molar-refractivity contribution in [3.8, 4) is 11.1 Å². The first kappa shape index (κ1) is 9.73.